The summed E-state index contributed by atoms with van der Waals surface area (Å²) in [6, 6.07) is 0. The normalized spacial score (nSPS) is 13.7. The van der Waals surface area contributed by atoms with E-state index in [-0.39, 0.29) is 55.9 Å². The summed E-state index contributed by atoms with van der Waals surface area (Å²) >= 11 is 0. The quantitative estimate of drug-likeness (QED) is 0.0235. The summed E-state index contributed by atoms with van der Waals surface area (Å²) in [5.74, 6) is -0.986. The first-order valence-electron chi connectivity index (χ1n) is 27.7. The predicted octanol–water partition coefficient (Wildman–Crippen LogP) is 15.0. The topological polar surface area (TPSA) is 140 Å². The molecular formula is C57H104O9. The van der Waals surface area contributed by atoms with Crippen LogP contribution in [0, 0.1) is 0 Å². The molecule has 0 saturated carbocycles. The fraction of sp³-hybridized carbons (Fsp3) is 0.842. The monoisotopic (exact) mass is 933 g/mol. The molecule has 3 N–H and O–H groups in total. The van der Waals surface area contributed by atoms with Crippen molar-refractivity contribution in [2.24, 2.45) is 0 Å². The van der Waals surface area contributed by atoms with Gasteiger partial charge in [-0.3, -0.25) is 14.4 Å². The molecule has 9 heteroatoms. The van der Waals surface area contributed by atoms with Crippen molar-refractivity contribution in [2.45, 2.75) is 296 Å². The number of aliphatic hydroxyl groups excluding tert-OH is 3. The molecule has 386 valence electrons. The van der Waals surface area contributed by atoms with Gasteiger partial charge in [-0.1, -0.05) is 154 Å². The Kier molecular flexibility index (Phi) is 48.5. The molecule has 0 aromatic rings. The molecule has 0 rings (SSSR count). The first-order valence-corrected chi connectivity index (χ1v) is 27.7. The number of rotatable bonds is 50. The number of carbonyl (C=O) groups excluding carboxylic acids is 3. The van der Waals surface area contributed by atoms with E-state index < -0.39 is 6.10 Å². The summed E-state index contributed by atoms with van der Waals surface area (Å²) < 4.78 is 16.8. The highest BCUT2D eigenvalue weighted by molar-refractivity contribution is 5.71. The minimum Gasteiger partial charge on any atom is -0.462 e. The second-order valence-corrected chi connectivity index (χ2v) is 18.9. The fourth-order valence-corrected chi connectivity index (χ4v) is 7.84. The maximum Gasteiger partial charge on any atom is 0.306 e. The molecule has 0 aromatic heterocycles. The van der Waals surface area contributed by atoms with Crippen molar-refractivity contribution in [2.75, 3.05) is 13.2 Å². The molecule has 4 atom stereocenters. The van der Waals surface area contributed by atoms with Crippen LogP contribution in [0.25, 0.3) is 0 Å². The fourth-order valence-electron chi connectivity index (χ4n) is 7.84. The van der Waals surface area contributed by atoms with Crippen molar-refractivity contribution in [1.82, 2.24) is 0 Å². The van der Waals surface area contributed by atoms with E-state index in [2.05, 4.69) is 36.5 Å². The van der Waals surface area contributed by atoms with Crippen LogP contribution in [0.3, 0.4) is 0 Å². The highest BCUT2D eigenvalue weighted by Crippen LogP contribution is 2.15. The lowest BCUT2D eigenvalue weighted by Gasteiger charge is -2.18. The highest BCUT2D eigenvalue weighted by Gasteiger charge is 2.19. The number of carbonyl (C=O) groups is 3. The van der Waals surface area contributed by atoms with Gasteiger partial charge in [-0.15, -0.1) is 0 Å². The van der Waals surface area contributed by atoms with Gasteiger partial charge in [-0.25, -0.2) is 0 Å². The molecule has 0 fully saturated rings. The van der Waals surface area contributed by atoms with Crippen LogP contribution in [0.4, 0.5) is 0 Å². The third kappa shape index (κ3) is 48.0. The van der Waals surface area contributed by atoms with Gasteiger partial charge in [-0.05, 0) is 135 Å². The standard InChI is InChI=1S/C57H104O9/c1-4-51(58)43-37-31-25-19-13-7-10-16-22-28-34-40-46-55(61)64-49-54(66-57(63)48-42-36-30-24-18-12-9-15-21-27-33-39-45-53(60)6-3)50-65-56(62)47-41-35-29-23-17-11-8-14-20-26-32-38-44-52(59)5-2/h7-9,13-15,51-54,58-60H,4-6,10-12,16-50H2,1-3H3/b13-7-,14-8-,15-9-/t51-,52+,53-,54?/m0/s1. The molecule has 0 aliphatic carbocycles. The third-order valence-electron chi connectivity index (χ3n) is 12.6. The molecule has 0 saturated heterocycles. The molecular weight excluding hydrogens is 829 g/mol. The zero-order chi connectivity index (χ0) is 48.4. The zero-order valence-corrected chi connectivity index (χ0v) is 43.1. The molecule has 0 aliphatic heterocycles. The Labute approximate surface area is 405 Å². The first-order chi connectivity index (χ1) is 32.2. The molecule has 0 bridgehead atoms. The summed E-state index contributed by atoms with van der Waals surface area (Å²) in [5, 5.41) is 29.0. The minimum absolute atomic E-state index is 0.113. The van der Waals surface area contributed by atoms with E-state index in [9.17, 15) is 29.7 Å². The van der Waals surface area contributed by atoms with Crippen LogP contribution in [-0.2, 0) is 28.6 Å². The molecule has 0 aromatic carbocycles. The van der Waals surface area contributed by atoms with Crippen molar-refractivity contribution in [3.63, 3.8) is 0 Å². The molecule has 0 spiro atoms. The minimum atomic E-state index is -0.816. The molecule has 0 aliphatic rings. The summed E-state index contributed by atoms with van der Waals surface area (Å²) in [5.41, 5.74) is 0. The number of hydrogen-bond acceptors (Lipinski definition) is 9. The van der Waals surface area contributed by atoms with Crippen LogP contribution in [0.5, 0.6) is 0 Å². The van der Waals surface area contributed by atoms with Crippen LogP contribution < -0.4 is 0 Å². The van der Waals surface area contributed by atoms with Crippen LogP contribution >= 0.6 is 0 Å². The lowest BCUT2D eigenvalue weighted by Crippen LogP contribution is -2.30. The van der Waals surface area contributed by atoms with Gasteiger partial charge in [0.15, 0.2) is 6.10 Å². The number of aliphatic hydroxyl groups is 3. The summed E-state index contributed by atoms with van der Waals surface area (Å²) in [4.78, 5) is 38.1. The summed E-state index contributed by atoms with van der Waals surface area (Å²) in [6.45, 7) is 5.85. The van der Waals surface area contributed by atoms with Crippen LogP contribution in [0.2, 0.25) is 0 Å². The van der Waals surface area contributed by atoms with Crippen LogP contribution in [0.15, 0.2) is 36.5 Å². The van der Waals surface area contributed by atoms with Gasteiger partial charge in [0.1, 0.15) is 13.2 Å². The van der Waals surface area contributed by atoms with Crippen LogP contribution in [-0.4, -0.2) is 70.9 Å². The summed E-state index contributed by atoms with van der Waals surface area (Å²) in [6.07, 6.45) is 50.7. The molecule has 66 heavy (non-hydrogen) atoms. The highest BCUT2D eigenvalue weighted by atomic mass is 16.6. The van der Waals surface area contributed by atoms with E-state index >= 15 is 0 Å². The lowest BCUT2D eigenvalue weighted by atomic mass is 10.1. The van der Waals surface area contributed by atoms with Crippen molar-refractivity contribution in [3.8, 4) is 0 Å². The van der Waals surface area contributed by atoms with Crippen molar-refractivity contribution in [1.29, 1.82) is 0 Å². The maximum atomic E-state index is 12.8. The Morgan fingerprint density at radius 2 is 0.591 bits per heavy atom. The first kappa shape index (κ1) is 63.5. The number of hydrogen-bond donors (Lipinski definition) is 3. The van der Waals surface area contributed by atoms with Gasteiger partial charge >= 0.3 is 17.9 Å². The average Bonchev–Trinajstić information content (AvgIpc) is 3.32. The Hall–Kier alpha value is -2.49. The van der Waals surface area contributed by atoms with Gasteiger partial charge in [0.25, 0.3) is 0 Å². The number of ether oxygens (including phenoxy) is 3. The average molecular weight is 933 g/mol. The van der Waals surface area contributed by atoms with Crippen molar-refractivity contribution < 1.29 is 43.9 Å². The van der Waals surface area contributed by atoms with E-state index in [0.717, 1.165) is 193 Å². The van der Waals surface area contributed by atoms with Gasteiger partial charge in [-0.2, -0.15) is 0 Å². The molecule has 9 nitrogen and oxygen atoms in total. The lowest BCUT2D eigenvalue weighted by molar-refractivity contribution is -0.167. The SMILES string of the molecule is CC[C@@H](O)CCCCC/C=C\CCCCCCCC(=O)OCC(COC(=O)CCCCCCC/C=C\CCCCC[C@@H](O)CC)OC(=O)CCCCCCC/C=C\CCCCC[C@@H](O)CC. The van der Waals surface area contributed by atoms with E-state index in [1.807, 2.05) is 20.8 Å². The number of unbranched alkanes of at least 4 members (excludes halogenated alkanes) is 24. The van der Waals surface area contributed by atoms with E-state index in [4.69, 9.17) is 14.2 Å². The molecule has 0 heterocycles. The van der Waals surface area contributed by atoms with E-state index in [1.165, 1.54) is 38.5 Å². The van der Waals surface area contributed by atoms with Crippen molar-refractivity contribution >= 4 is 17.9 Å². The zero-order valence-electron chi connectivity index (χ0n) is 43.1. The number of esters is 3. The number of allylic oxidation sites excluding steroid dienone is 6. The summed E-state index contributed by atoms with van der Waals surface area (Å²) in [7, 11) is 0. The Morgan fingerprint density at radius 3 is 0.879 bits per heavy atom. The Bertz CT molecular complexity index is 1110. The van der Waals surface area contributed by atoms with Gasteiger partial charge in [0, 0.05) is 19.3 Å². The predicted molar refractivity (Wildman–Crippen MR) is 274 cm³/mol. The smallest absolute Gasteiger partial charge is 0.306 e. The molecule has 1 unspecified atom stereocenters. The largest absolute Gasteiger partial charge is 0.462 e. The van der Waals surface area contributed by atoms with E-state index in [1.54, 1.807) is 0 Å². The van der Waals surface area contributed by atoms with Gasteiger partial charge in [0.2, 0.25) is 0 Å². The van der Waals surface area contributed by atoms with Crippen LogP contribution in [0.1, 0.15) is 271 Å². The Balaban J connectivity index is 4.43. The second kappa shape index (κ2) is 50.4. The van der Waals surface area contributed by atoms with Crippen molar-refractivity contribution in [3.05, 3.63) is 36.5 Å². The second-order valence-electron chi connectivity index (χ2n) is 18.9. The van der Waals surface area contributed by atoms with E-state index in [0.29, 0.717) is 12.8 Å². The van der Waals surface area contributed by atoms with Gasteiger partial charge < -0.3 is 29.5 Å². The third-order valence-corrected chi connectivity index (χ3v) is 12.6. The van der Waals surface area contributed by atoms with Gasteiger partial charge in [0.05, 0.1) is 18.3 Å². The molecule has 0 radical (unpaired) electrons. The molecule has 0 amide bonds. The maximum absolute atomic E-state index is 12.8. The Morgan fingerprint density at radius 1 is 0.348 bits per heavy atom.